The lowest BCUT2D eigenvalue weighted by molar-refractivity contribution is 1.37. The Morgan fingerprint density at radius 3 is 2.93 bits per heavy atom. The Labute approximate surface area is 87.8 Å². The first kappa shape index (κ1) is 9.45. The summed E-state index contributed by atoms with van der Waals surface area (Å²) in [5.41, 5.74) is 7.37. The molecule has 0 amide bonds. The first-order chi connectivity index (χ1) is 7.31. The van der Waals surface area contributed by atoms with Crippen LogP contribution in [0.15, 0.2) is 41.5 Å². The molecule has 3 N–H and O–H groups in total. The van der Waals surface area contributed by atoms with Crippen LogP contribution in [0.3, 0.4) is 0 Å². The summed E-state index contributed by atoms with van der Waals surface area (Å²) in [6, 6.07) is 9.80. The molecule has 0 fully saturated rings. The highest BCUT2D eigenvalue weighted by molar-refractivity contribution is 6.00. The number of nitrogens with zero attached hydrogens (tertiary/aromatic N) is 2. The van der Waals surface area contributed by atoms with Gasteiger partial charge in [-0.25, -0.2) is 0 Å². The molecular formula is C11H12N4. The minimum Gasteiger partial charge on any atom is -0.370 e. The van der Waals surface area contributed by atoms with Gasteiger partial charge in [0.05, 0.1) is 11.2 Å². The molecule has 1 heterocycles. The van der Waals surface area contributed by atoms with E-state index >= 15 is 0 Å². The fraction of sp³-hybridized carbons (Fsp3) is 0.0909. The van der Waals surface area contributed by atoms with Crippen LogP contribution in [0.2, 0.25) is 0 Å². The van der Waals surface area contributed by atoms with E-state index < -0.39 is 0 Å². The Balaban J connectivity index is 2.51. The van der Waals surface area contributed by atoms with Crippen molar-refractivity contribution in [3.63, 3.8) is 0 Å². The highest BCUT2D eigenvalue weighted by Crippen LogP contribution is 2.19. The quantitative estimate of drug-likeness (QED) is 0.542. The van der Waals surface area contributed by atoms with Gasteiger partial charge in [-0.3, -0.25) is 9.98 Å². The second-order valence-electron chi connectivity index (χ2n) is 3.11. The molecule has 4 nitrogen and oxygen atoms in total. The second-order valence-corrected chi connectivity index (χ2v) is 3.11. The minimum absolute atomic E-state index is 0.383. The third-order valence-electron chi connectivity index (χ3n) is 2.14. The summed E-state index contributed by atoms with van der Waals surface area (Å²) in [5.74, 6) is 0.383. The van der Waals surface area contributed by atoms with Gasteiger partial charge in [0.25, 0.3) is 0 Å². The van der Waals surface area contributed by atoms with Crippen molar-refractivity contribution in [2.24, 2.45) is 10.7 Å². The van der Waals surface area contributed by atoms with Gasteiger partial charge in [-0.15, -0.1) is 0 Å². The van der Waals surface area contributed by atoms with E-state index in [0.29, 0.717) is 5.96 Å². The van der Waals surface area contributed by atoms with Crippen molar-refractivity contribution in [3.05, 3.63) is 36.5 Å². The lowest BCUT2D eigenvalue weighted by Gasteiger charge is -2.07. The number of rotatable bonds is 1. The molecule has 1 aromatic carbocycles. The zero-order valence-electron chi connectivity index (χ0n) is 8.44. The van der Waals surface area contributed by atoms with Crippen LogP contribution >= 0.6 is 0 Å². The van der Waals surface area contributed by atoms with Gasteiger partial charge in [-0.1, -0.05) is 18.2 Å². The van der Waals surface area contributed by atoms with Crippen LogP contribution in [-0.2, 0) is 0 Å². The minimum atomic E-state index is 0.383. The molecule has 2 rings (SSSR count). The molecule has 0 spiro atoms. The van der Waals surface area contributed by atoms with Crippen LogP contribution in [-0.4, -0.2) is 18.0 Å². The fourth-order valence-corrected chi connectivity index (χ4v) is 1.40. The first-order valence-corrected chi connectivity index (χ1v) is 4.64. The molecule has 15 heavy (non-hydrogen) atoms. The normalized spacial score (nSPS) is 11.7. The summed E-state index contributed by atoms with van der Waals surface area (Å²) >= 11 is 0. The van der Waals surface area contributed by atoms with Gasteiger partial charge in [-0.05, 0) is 12.1 Å². The lowest BCUT2D eigenvalue weighted by Crippen LogP contribution is -2.22. The molecule has 1 aromatic heterocycles. The standard InChI is InChI=1S/C11H12N4/c1-13-11(12)15-9-6-2-4-8-5-3-7-14-10(8)9/h2-7H,1H3,(H3,12,13,15). The van der Waals surface area contributed by atoms with Crippen LogP contribution in [0.1, 0.15) is 0 Å². The highest BCUT2D eigenvalue weighted by atomic mass is 15.1. The van der Waals surface area contributed by atoms with Crippen molar-refractivity contribution in [1.82, 2.24) is 4.98 Å². The molecule has 4 heteroatoms. The summed E-state index contributed by atoms with van der Waals surface area (Å²) < 4.78 is 0. The Hall–Kier alpha value is -2.10. The van der Waals surface area contributed by atoms with E-state index in [1.807, 2.05) is 30.3 Å². The van der Waals surface area contributed by atoms with Crippen LogP contribution in [0, 0.1) is 0 Å². The molecule has 0 aliphatic heterocycles. The SMILES string of the molecule is CN=C(N)Nc1cccc2cccnc12. The van der Waals surface area contributed by atoms with E-state index in [9.17, 15) is 0 Å². The molecule has 0 saturated heterocycles. The van der Waals surface area contributed by atoms with Crippen LogP contribution in [0.4, 0.5) is 5.69 Å². The maximum atomic E-state index is 5.61. The monoisotopic (exact) mass is 200 g/mol. The first-order valence-electron chi connectivity index (χ1n) is 4.64. The van der Waals surface area contributed by atoms with E-state index in [4.69, 9.17) is 5.73 Å². The Kier molecular flexibility index (Phi) is 2.49. The van der Waals surface area contributed by atoms with E-state index in [2.05, 4.69) is 15.3 Å². The Morgan fingerprint density at radius 2 is 2.13 bits per heavy atom. The smallest absolute Gasteiger partial charge is 0.192 e. The summed E-state index contributed by atoms with van der Waals surface area (Å²) in [7, 11) is 1.64. The molecule has 0 radical (unpaired) electrons. The number of fused-ring (bicyclic) bond motifs is 1. The number of anilines is 1. The van der Waals surface area contributed by atoms with Gasteiger partial charge < -0.3 is 11.1 Å². The molecule has 76 valence electrons. The van der Waals surface area contributed by atoms with E-state index in [-0.39, 0.29) is 0 Å². The highest BCUT2D eigenvalue weighted by Gasteiger charge is 2.01. The third kappa shape index (κ3) is 1.88. The molecular weight excluding hydrogens is 188 g/mol. The maximum absolute atomic E-state index is 5.61. The van der Waals surface area contributed by atoms with E-state index in [1.54, 1.807) is 13.2 Å². The van der Waals surface area contributed by atoms with Gasteiger partial charge in [0.2, 0.25) is 0 Å². The zero-order valence-corrected chi connectivity index (χ0v) is 8.44. The molecule has 0 bridgehead atoms. The fourth-order valence-electron chi connectivity index (χ4n) is 1.40. The number of guanidine groups is 1. The van der Waals surface area contributed by atoms with Crippen molar-refractivity contribution in [2.75, 3.05) is 12.4 Å². The summed E-state index contributed by atoms with van der Waals surface area (Å²) in [4.78, 5) is 8.14. The summed E-state index contributed by atoms with van der Waals surface area (Å²) in [6.07, 6.45) is 1.76. The average molecular weight is 200 g/mol. The zero-order chi connectivity index (χ0) is 10.7. The van der Waals surface area contributed by atoms with Crippen molar-refractivity contribution in [1.29, 1.82) is 0 Å². The predicted molar refractivity (Wildman–Crippen MR) is 62.9 cm³/mol. The molecule has 0 aliphatic rings. The average Bonchev–Trinajstić information content (AvgIpc) is 2.29. The van der Waals surface area contributed by atoms with Crippen molar-refractivity contribution in [3.8, 4) is 0 Å². The second kappa shape index (κ2) is 3.96. The predicted octanol–water partition coefficient (Wildman–Crippen LogP) is 1.59. The van der Waals surface area contributed by atoms with Gasteiger partial charge in [-0.2, -0.15) is 0 Å². The molecule has 2 aromatic rings. The molecule has 0 saturated carbocycles. The number of aromatic nitrogens is 1. The van der Waals surface area contributed by atoms with Crippen molar-refractivity contribution < 1.29 is 0 Å². The Morgan fingerprint density at radius 1 is 1.33 bits per heavy atom. The maximum Gasteiger partial charge on any atom is 0.192 e. The summed E-state index contributed by atoms with van der Waals surface area (Å²) in [5, 5.41) is 4.08. The van der Waals surface area contributed by atoms with E-state index in [1.165, 1.54) is 0 Å². The third-order valence-corrected chi connectivity index (χ3v) is 2.14. The van der Waals surface area contributed by atoms with Gasteiger partial charge in [0, 0.05) is 18.6 Å². The number of aliphatic imine (C=N–C) groups is 1. The van der Waals surface area contributed by atoms with Crippen LogP contribution < -0.4 is 11.1 Å². The van der Waals surface area contributed by atoms with Crippen molar-refractivity contribution >= 4 is 22.5 Å². The van der Waals surface area contributed by atoms with Crippen molar-refractivity contribution in [2.45, 2.75) is 0 Å². The summed E-state index contributed by atoms with van der Waals surface area (Å²) in [6.45, 7) is 0. The topological polar surface area (TPSA) is 63.3 Å². The van der Waals surface area contributed by atoms with Gasteiger partial charge in [0.1, 0.15) is 0 Å². The Bertz CT molecular complexity index is 499. The van der Waals surface area contributed by atoms with Gasteiger partial charge >= 0.3 is 0 Å². The number of para-hydroxylation sites is 1. The molecule has 0 atom stereocenters. The number of hydrogen-bond donors (Lipinski definition) is 2. The number of nitrogens with one attached hydrogen (secondary N) is 1. The van der Waals surface area contributed by atoms with Crippen LogP contribution in [0.5, 0.6) is 0 Å². The lowest BCUT2D eigenvalue weighted by atomic mass is 10.2. The number of hydrogen-bond acceptors (Lipinski definition) is 2. The number of benzene rings is 1. The van der Waals surface area contributed by atoms with Crippen LogP contribution in [0.25, 0.3) is 10.9 Å². The molecule has 0 unspecified atom stereocenters. The van der Waals surface area contributed by atoms with E-state index in [0.717, 1.165) is 16.6 Å². The molecule has 0 aliphatic carbocycles. The number of pyridine rings is 1. The number of nitrogens with two attached hydrogens (primary N) is 1. The largest absolute Gasteiger partial charge is 0.370 e. The van der Waals surface area contributed by atoms with Gasteiger partial charge in [0.15, 0.2) is 5.96 Å².